The second kappa shape index (κ2) is 6.74. The van der Waals surface area contributed by atoms with Gasteiger partial charge >= 0.3 is 0 Å². The molecule has 0 spiro atoms. The van der Waals surface area contributed by atoms with Gasteiger partial charge in [-0.3, -0.25) is 0 Å². The van der Waals surface area contributed by atoms with Gasteiger partial charge in [0.25, 0.3) is 0 Å². The van der Waals surface area contributed by atoms with Crippen LogP contribution in [0, 0.1) is 0 Å². The normalized spacial score (nSPS) is 11.0. The largest absolute Gasteiger partial charge is 0.494 e. The topological polar surface area (TPSA) is 14.2 Å². The van der Waals surface area contributed by atoms with Gasteiger partial charge in [-0.15, -0.1) is 0 Å². The minimum Gasteiger partial charge on any atom is -0.494 e. The maximum absolute atomic E-state index is 5.66. The highest BCUT2D eigenvalue weighted by Crippen LogP contribution is 2.22. The highest BCUT2D eigenvalue weighted by Gasteiger charge is 2.02. The van der Waals surface area contributed by atoms with E-state index in [-0.39, 0.29) is 0 Å². The molecule has 0 aliphatic rings. The lowest BCUT2D eigenvalue weighted by Gasteiger charge is -2.07. The zero-order chi connectivity index (χ0) is 12.8. The molecule has 0 aliphatic carbocycles. The second-order valence-corrected chi connectivity index (χ2v) is 5.67. The van der Waals surface area contributed by atoms with Crippen LogP contribution in [0.15, 0.2) is 30.5 Å². The van der Waals surface area contributed by atoms with E-state index in [0.29, 0.717) is 0 Å². The van der Waals surface area contributed by atoms with Crippen molar-refractivity contribution in [1.29, 1.82) is 0 Å². The van der Waals surface area contributed by atoms with Gasteiger partial charge < -0.3 is 9.30 Å². The SMILES string of the molecule is CCCOc1ccc2c(ccn2CCSCC)c1. The predicted molar refractivity (Wildman–Crippen MR) is 80.7 cm³/mol. The number of hydrogen-bond acceptors (Lipinski definition) is 2. The molecule has 0 radical (unpaired) electrons. The highest BCUT2D eigenvalue weighted by molar-refractivity contribution is 7.99. The number of fused-ring (bicyclic) bond motifs is 1. The average Bonchev–Trinajstić information content (AvgIpc) is 2.79. The van der Waals surface area contributed by atoms with Gasteiger partial charge in [-0.05, 0) is 36.4 Å². The van der Waals surface area contributed by atoms with E-state index < -0.39 is 0 Å². The van der Waals surface area contributed by atoms with Gasteiger partial charge in [-0.25, -0.2) is 0 Å². The Morgan fingerprint density at radius 2 is 2.11 bits per heavy atom. The standard InChI is InChI=1S/C15H21NOS/c1-3-10-17-14-5-6-15-13(12-14)7-8-16(15)9-11-18-4-2/h5-8,12H,3-4,9-11H2,1-2H3. The van der Waals surface area contributed by atoms with Crippen molar-refractivity contribution in [3.8, 4) is 5.75 Å². The minimum absolute atomic E-state index is 0.791. The molecule has 0 aliphatic heterocycles. The smallest absolute Gasteiger partial charge is 0.120 e. The van der Waals surface area contributed by atoms with E-state index in [1.165, 1.54) is 22.4 Å². The molecule has 0 N–H and O–H groups in total. The van der Waals surface area contributed by atoms with Crippen LogP contribution >= 0.6 is 11.8 Å². The van der Waals surface area contributed by atoms with Crippen LogP contribution in [0.4, 0.5) is 0 Å². The van der Waals surface area contributed by atoms with Gasteiger partial charge in [0.2, 0.25) is 0 Å². The van der Waals surface area contributed by atoms with Crippen LogP contribution in [0.5, 0.6) is 5.75 Å². The summed E-state index contributed by atoms with van der Waals surface area (Å²) in [6.07, 6.45) is 3.22. The molecule has 2 nitrogen and oxygen atoms in total. The molecule has 1 aromatic carbocycles. The first-order valence-corrected chi connectivity index (χ1v) is 7.80. The average molecular weight is 263 g/mol. The van der Waals surface area contributed by atoms with Crippen LogP contribution in [0.1, 0.15) is 20.3 Å². The van der Waals surface area contributed by atoms with Gasteiger partial charge in [0.1, 0.15) is 5.75 Å². The molecule has 2 rings (SSSR count). The molecule has 98 valence electrons. The van der Waals surface area contributed by atoms with Crippen molar-refractivity contribution in [2.75, 3.05) is 18.1 Å². The van der Waals surface area contributed by atoms with E-state index in [1.807, 2.05) is 11.8 Å². The van der Waals surface area contributed by atoms with Crippen molar-refractivity contribution in [2.24, 2.45) is 0 Å². The Labute approximate surface area is 113 Å². The molecule has 0 unspecified atom stereocenters. The summed E-state index contributed by atoms with van der Waals surface area (Å²) in [6, 6.07) is 8.54. The van der Waals surface area contributed by atoms with E-state index in [0.717, 1.165) is 25.3 Å². The van der Waals surface area contributed by atoms with Crippen molar-refractivity contribution in [2.45, 2.75) is 26.8 Å². The van der Waals surface area contributed by atoms with Crippen LogP contribution in [0.25, 0.3) is 10.9 Å². The number of hydrogen-bond donors (Lipinski definition) is 0. The number of rotatable bonds is 7. The van der Waals surface area contributed by atoms with Crippen LogP contribution < -0.4 is 4.74 Å². The molecule has 0 atom stereocenters. The summed E-state index contributed by atoms with van der Waals surface area (Å²) in [4.78, 5) is 0. The van der Waals surface area contributed by atoms with Crippen LogP contribution in [-0.2, 0) is 6.54 Å². The molecule has 3 heteroatoms. The van der Waals surface area contributed by atoms with Gasteiger partial charge in [0.15, 0.2) is 0 Å². The van der Waals surface area contributed by atoms with Crippen molar-refractivity contribution in [3.05, 3.63) is 30.5 Å². The van der Waals surface area contributed by atoms with Gasteiger partial charge in [-0.1, -0.05) is 13.8 Å². The first-order chi connectivity index (χ1) is 8.85. The molecule has 0 bridgehead atoms. The first kappa shape index (κ1) is 13.3. The number of ether oxygens (including phenoxy) is 1. The van der Waals surface area contributed by atoms with Crippen LogP contribution in [0.3, 0.4) is 0 Å². The molecule has 1 aromatic heterocycles. The Kier molecular flexibility index (Phi) is 5.00. The first-order valence-electron chi connectivity index (χ1n) is 6.64. The van der Waals surface area contributed by atoms with Gasteiger partial charge in [-0.2, -0.15) is 11.8 Å². The number of nitrogens with zero attached hydrogens (tertiary/aromatic N) is 1. The highest BCUT2D eigenvalue weighted by atomic mass is 32.2. The molecule has 0 fully saturated rings. The van der Waals surface area contributed by atoms with Gasteiger partial charge in [0, 0.05) is 29.4 Å². The third-order valence-corrected chi connectivity index (χ3v) is 3.78. The Morgan fingerprint density at radius 3 is 2.89 bits per heavy atom. The van der Waals surface area contributed by atoms with Crippen LogP contribution in [-0.4, -0.2) is 22.7 Å². The zero-order valence-corrected chi connectivity index (χ0v) is 12.0. The Hall–Kier alpha value is -1.09. The van der Waals surface area contributed by atoms with Crippen molar-refractivity contribution in [1.82, 2.24) is 4.57 Å². The third kappa shape index (κ3) is 3.22. The maximum Gasteiger partial charge on any atom is 0.120 e. The third-order valence-electron chi connectivity index (χ3n) is 2.90. The van der Waals surface area contributed by atoms with E-state index >= 15 is 0 Å². The van der Waals surface area contributed by atoms with Crippen molar-refractivity contribution in [3.63, 3.8) is 0 Å². The number of aromatic nitrogens is 1. The summed E-state index contributed by atoms with van der Waals surface area (Å²) in [5.41, 5.74) is 1.30. The lowest BCUT2D eigenvalue weighted by atomic mass is 10.2. The molecule has 0 saturated carbocycles. The minimum atomic E-state index is 0.791. The summed E-state index contributed by atoms with van der Waals surface area (Å²) in [6.45, 7) is 6.20. The molecule has 1 heterocycles. The summed E-state index contributed by atoms with van der Waals surface area (Å²) < 4.78 is 7.98. The lowest BCUT2D eigenvalue weighted by molar-refractivity contribution is 0.318. The van der Waals surface area contributed by atoms with Crippen molar-refractivity contribution >= 4 is 22.7 Å². The zero-order valence-electron chi connectivity index (χ0n) is 11.2. The fourth-order valence-electron chi connectivity index (χ4n) is 1.99. The molecule has 18 heavy (non-hydrogen) atoms. The summed E-state index contributed by atoms with van der Waals surface area (Å²) >= 11 is 1.98. The number of benzene rings is 1. The van der Waals surface area contributed by atoms with E-state index in [1.54, 1.807) is 0 Å². The lowest BCUT2D eigenvalue weighted by Crippen LogP contribution is -1.99. The monoisotopic (exact) mass is 263 g/mol. The molecular weight excluding hydrogens is 242 g/mol. The second-order valence-electron chi connectivity index (χ2n) is 4.28. The van der Waals surface area contributed by atoms with E-state index in [9.17, 15) is 0 Å². The summed E-state index contributed by atoms with van der Waals surface area (Å²) in [5, 5.41) is 1.27. The van der Waals surface area contributed by atoms with E-state index in [4.69, 9.17) is 4.74 Å². The maximum atomic E-state index is 5.66. The Morgan fingerprint density at radius 1 is 1.22 bits per heavy atom. The summed E-state index contributed by atoms with van der Waals surface area (Å²) in [7, 11) is 0. The van der Waals surface area contributed by atoms with Crippen LogP contribution in [0.2, 0.25) is 0 Å². The fourth-order valence-corrected chi connectivity index (χ4v) is 2.60. The van der Waals surface area contributed by atoms with E-state index in [2.05, 4.69) is 48.9 Å². The fraction of sp³-hybridized carbons (Fsp3) is 0.467. The quantitative estimate of drug-likeness (QED) is 0.696. The Balaban J connectivity index is 2.10. The number of aryl methyl sites for hydroxylation is 1. The molecule has 0 amide bonds. The van der Waals surface area contributed by atoms with Crippen molar-refractivity contribution < 1.29 is 4.74 Å². The molecule has 0 saturated heterocycles. The molecule has 2 aromatic rings. The Bertz CT molecular complexity index is 492. The molecular formula is C15H21NOS. The predicted octanol–water partition coefficient (Wildman–Crippen LogP) is 4.18. The number of thioether (sulfide) groups is 1. The summed E-state index contributed by atoms with van der Waals surface area (Å²) in [5.74, 6) is 3.34. The van der Waals surface area contributed by atoms with Gasteiger partial charge in [0.05, 0.1) is 6.61 Å².